The monoisotopic (exact) mass is 518 g/mol. The van der Waals surface area contributed by atoms with Gasteiger partial charge in [-0.05, 0) is 48.5 Å². The number of hydrogen-bond donors (Lipinski definition) is 4. The second-order valence-corrected chi connectivity index (χ2v) is 10.7. The lowest BCUT2D eigenvalue weighted by atomic mass is 9.60. The lowest BCUT2D eigenvalue weighted by Crippen LogP contribution is -2.53. The number of thiol groups is 4. The molecule has 0 aromatic heterocycles. The van der Waals surface area contributed by atoms with Crippen molar-refractivity contribution in [2.75, 3.05) is 17.5 Å². The van der Waals surface area contributed by atoms with E-state index in [-0.39, 0.29) is 27.1 Å². The summed E-state index contributed by atoms with van der Waals surface area (Å²) in [5.74, 6) is 2.13. The summed E-state index contributed by atoms with van der Waals surface area (Å²) < 4.78 is 0. The van der Waals surface area contributed by atoms with Crippen LogP contribution in [0, 0.1) is 0 Å². The Labute approximate surface area is 214 Å². The Morgan fingerprint density at radius 1 is 0.767 bits per heavy atom. The fraction of sp³-hybridized carbons (Fsp3) is 0.500. The van der Waals surface area contributed by atoms with Crippen molar-refractivity contribution >= 4 is 73.7 Å². The second-order valence-electron chi connectivity index (χ2n) is 7.61. The van der Waals surface area contributed by atoms with Crippen molar-refractivity contribution in [3.05, 3.63) is 71.8 Å². The predicted octanol–water partition coefficient (Wildman–Crippen LogP) is 7.57. The van der Waals surface area contributed by atoms with Gasteiger partial charge in [0.1, 0.15) is 0 Å². The minimum atomic E-state index is -0.370. The molecule has 0 spiro atoms. The third-order valence-corrected chi connectivity index (χ3v) is 8.91. The first-order valence-corrected chi connectivity index (χ1v) is 13.7. The number of halogens is 2. The Bertz CT molecular complexity index is 716. The maximum Gasteiger partial charge on any atom is 0.0265 e. The van der Waals surface area contributed by atoms with Crippen LogP contribution < -0.4 is 0 Å². The quantitative estimate of drug-likeness (QED) is 0.152. The summed E-state index contributed by atoms with van der Waals surface area (Å²) in [5.41, 5.74) is 2.16. The zero-order valence-electron chi connectivity index (χ0n) is 17.1. The molecular weight excluding hydrogens is 487 g/mol. The van der Waals surface area contributed by atoms with Crippen LogP contribution in [0.3, 0.4) is 0 Å². The van der Waals surface area contributed by atoms with Crippen LogP contribution in [0.2, 0.25) is 0 Å². The maximum atomic E-state index is 6.26. The molecular formula is C24H32Cl2S4. The lowest BCUT2D eigenvalue weighted by molar-refractivity contribution is 0.296. The van der Waals surface area contributed by atoms with E-state index in [0.717, 1.165) is 31.4 Å². The van der Waals surface area contributed by atoms with E-state index in [1.54, 1.807) is 0 Å². The van der Waals surface area contributed by atoms with Crippen LogP contribution in [0.1, 0.15) is 42.7 Å². The van der Waals surface area contributed by atoms with Crippen LogP contribution in [0.25, 0.3) is 0 Å². The first-order valence-electron chi connectivity index (χ1n) is 10.4. The number of hydrogen-bond acceptors (Lipinski definition) is 4. The van der Waals surface area contributed by atoms with Crippen molar-refractivity contribution in [3.63, 3.8) is 0 Å². The molecule has 30 heavy (non-hydrogen) atoms. The SMILES string of the molecule is SCCCC(c1ccccc1)C(c1ccccc1)(C(S)CCCl)C(S)C(S)CCCl. The zero-order chi connectivity index (χ0) is 22.0. The first kappa shape index (κ1) is 26.7. The van der Waals surface area contributed by atoms with Gasteiger partial charge in [0.05, 0.1) is 0 Å². The fourth-order valence-electron chi connectivity index (χ4n) is 4.52. The summed E-state index contributed by atoms with van der Waals surface area (Å²) in [5, 5.41) is -0.0222. The smallest absolute Gasteiger partial charge is 0.0265 e. The van der Waals surface area contributed by atoms with Crippen LogP contribution >= 0.6 is 73.7 Å². The molecule has 0 aliphatic rings. The molecule has 5 unspecified atom stereocenters. The zero-order valence-corrected chi connectivity index (χ0v) is 22.2. The highest BCUT2D eigenvalue weighted by atomic mass is 35.5. The second kappa shape index (κ2) is 13.9. The fourth-order valence-corrected chi connectivity index (χ4v) is 7.23. The molecule has 5 atom stereocenters. The summed E-state index contributed by atoms with van der Waals surface area (Å²) in [6, 6.07) is 21.4. The Balaban J connectivity index is 2.77. The molecule has 0 aliphatic heterocycles. The lowest BCUT2D eigenvalue weighted by Gasteiger charge is -2.51. The molecule has 0 nitrogen and oxygen atoms in total. The van der Waals surface area contributed by atoms with Gasteiger partial charge in [-0.25, -0.2) is 0 Å². The Morgan fingerprint density at radius 2 is 1.33 bits per heavy atom. The molecule has 0 heterocycles. The van der Waals surface area contributed by atoms with Gasteiger partial charge in [-0.2, -0.15) is 50.5 Å². The first-order chi connectivity index (χ1) is 14.5. The van der Waals surface area contributed by atoms with E-state index >= 15 is 0 Å². The number of rotatable bonds is 13. The molecule has 2 aromatic rings. The van der Waals surface area contributed by atoms with E-state index in [1.807, 2.05) is 0 Å². The third kappa shape index (κ3) is 6.26. The molecule has 0 bridgehead atoms. The molecule has 0 saturated carbocycles. The number of alkyl halides is 2. The van der Waals surface area contributed by atoms with Crippen molar-refractivity contribution < 1.29 is 0 Å². The van der Waals surface area contributed by atoms with E-state index in [1.165, 1.54) is 11.1 Å². The molecule has 6 heteroatoms. The molecule has 0 radical (unpaired) electrons. The van der Waals surface area contributed by atoms with Crippen molar-refractivity contribution in [1.29, 1.82) is 0 Å². The molecule has 2 aromatic carbocycles. The van der Waals surface area contributed by atoms with Gasteiger partial charge in [-0.1, -0.05) is 60.7 Å². The topological polar surface area (TPSA) is 0 Å². The van der Waals surface area contributed by atoms with Gasteiger partial charge in [-0.3, -0.25) is 0 Å². The molecule has 166 valence electrons. The third-order valence-electron chi connectivity index (χ3n) is 5.90. The summed E-state index contributed by atoms with van der Waals surface area (Å²) in [6.45, 7) is 0. The highest BCUT2D eigenvalue weighted by Crippen LogP contribution is 2.53. The van der Waals surface area contributed by atoms with Crippen LogP contribution in [0.4, 0.5) is 0 Å². The van der Waals surface area contributed by atoms with Gasteiger partial charge in [0, 0.05) is 32.9 Å². The Hall–Kier alpha value is 0.420. The van der Waals surface area contributed by atoms with E-state index in [0.29, 0.717) is 11.8 Å². The van der Waals surface area contributed by atoms with E-state index in [9.17, 15) is 0 Å². The van der Waals surface area contributed by atoms with E-state index in [4.69, 9.17) is 61.1 Å². The van der Waals surface area contributed by atoms with Crippen molar-refractivity contribution in [1.82, 2.24) is 0 Å². The summed E-state index contributed by atoms with van der Waals surface area (Å²) in [4.78, 5) is 0. The highest BCUT2D eigenvalue weighted by Gasteiger charge is 2.51. The van der Waals surface area contributed by atoms with Crippen LogP contribution in [0.5, 0.6) is 0 Å². The van der Waals surface area contributed by atoms with Gasteiger partial charge < -0.3 is 0 Å². The van der Waals surface area contributed by atoms with Crippen LogP contribution in [-0.4, -0.2) is 33.3 Å². The van der Waals surface area contributed by atoms with Crippen LogP contribution in [-0.2, 0) is 5.41 Å². The normalized spacial score (nSPS) is 17.7. The van der Waals surface area contributed by atoms with Gasteiger partial charge in [0.25, 0.3) is 0 Å². The van der Waals surface area contributed by atoms with Gasteiger partial charge in [0.2, 0.25) is 0 Å². The Morgan fingerprint density at radius 3 is 1.87 bits per heavy atom. The summed E-state index contributed by atoms with van der Waals surface area (Å²) in [7, 11) is 0. The average Bonchev–Trinajstić information content (AvgIpc) is 2.78. The van der Waals surface area contributed by atoms with Crippen molar-refractivity contribution in [2.45, 2.75) is 52.8 Å². The van der Waals surface area contributed by atoms with E-state index < -0.39 is 0 Å². The van der Waals surface area contributed by atoms with Gasteiger partial charge >= 0.3 is 0 Å². The minimum absolute atomic E-state index is 0.00926. The van der Waals surface area contributed by atoms with Crippen molar-refractivity contribution in [3.8, 4) is 0 Å². The Kier molecular flexibility index (Phi) is 12.3. The van der Waals surface area contributed by atoms with Gasteiger partial charge in [-0.15, -0.1) is 23.2 Å². The summed E-state index contributed by atoms with van der Waals surface area (Å²) >= 11 is 32.3. The minimum Gasteiger partial charge on any atom is -0.179 e. The van der Waals surface area contributed by atoms with Crippen molar-refractivity contribution in [2.24, 2.45) is 0 Å². The molecule has 0 saturated heterocycles. The largest absolute Gasteiger partial charge is 0.179 e. The number of benzene rings is 2. The predicted molar refractivity (Wildman–Crippen MR) is 149 cm³/mol. The molecule has 0 fully saturated rings. The van der Waals surface area contributed by atoms with Crippen LogP contribution in [0.15, 0.2) is 60.7 Å². The molecule has 0 N–H and O–H groups in total. The highest BCUT2D eigenvalue weighted by molar-refractivity contribution is 7.85. The summed E-state index contributed by atoms with van der Waals surface area (Å²) in [6.07, 6.45) is 3.55. The van der Waals surface area contributed by atoms with Gasteiger partial charge in [0.15, 0.2) is 0 Å². The maximum absolute atomic E-state index is 6.26. The average molecular weight is 520 g/mol. The molecule has 0 aliphatic carbocycles. The molecule has 2 rings (SSSR count). The molecule has 0 amide bonds. The van der Waals surface area contributed by atoms with E-state index in [2.05, 4.69) is 73.3 Å². The standard InChI is InChI=1S/C24H32Cl2S4/c25-15-13-21(28)23(30)24(22(29)14-16-26,19-10-5-2-6-11-19)20(12-7-17-27)18-8-3-1-4-9-18/h1-6,8-11,20-23,27-30H,7,12-17H2.